The molecule has 27 heavy (non-hydrogen) atoms. The molecule has 138 valence electrons. The second kappa shape index (κ2) is 7.15. The quantitative estimate of drug-likeness (QED) is 0.769. The van der Waals surface area contributed by atoms with Crippen molar-refractivity contribution in [1.82, 2.24) is 10.2 Å². The Bertz CT molecular complexity index is 909. The van der Waals surface area contributed by atoms with Crippen LogP contribution in [0.3, 0.4) is 0 Å². The van der Waals surface area contributed by atoms with E-state index < -0.39 is 6.04 Å². The van der Waals surface area contributed by atoms with Gasteiger partial charge in [0.2, 0.25) is 11.8 Å². The molecular weight excluding hydrogens is 410 g/mol. The predicted molar refractivity (Wildman–Crippen MR) is 104 cm³/mol. The SMILES string of the molecule is O=C(CNC(=O)C1c2ccccc2C(=O)N1C1CC1)Nc1ccc(Br)cc1. The Kier molecular flexibility index (Phi) is 4.70. The molecule has 7 heteroatoms. The van der Waals surface area contributed by atoms with Crippen LogP contribution >= 0.6 is 15.9 Å². The van der Waals surface area contributed by atoms with E-state index in [2.05, 4.69) is 26.6 Å². The van der Waals surface area contributed by atoms with Crippen molar-refractivity contribution in [2.75, 3.05) is 11.9 Å². The number of nitrogens with zero attached hydrogens (tertiary/aromatic N) is 1. The first kappa shape index (κ1) is 17.7. The zero-order chi connectivity index (χ0) is 19.0. The van der Waals surface area contributed by atoms with Gasteiger partial charge in [-0.3, -0.25) is 14.4 Å². The maximum atomic E-state index is 12.8. The average molecular weight is 428 g/mol. The number of carbonyl (C=O) groups excluding carboxylic acids is 3. The number of benzene rings is 2. The summed E-state index contributed by atoms with van der Waals surface area (Å²) in [5, 5.41) is 5.41. The van der Waals surface area contributed by atoms with Gasteiger partial charge in [-0.05, 0) is 48.7 Å². The molecule has 6 nitrogen and oxygen atoms in total. The molecule has 2 aromatic carbocycles. The van der Waals surface area contributed by atoms with Crippen LogP contribution in [-0.4, -0.2) is 35.2 Å². The summed E-state index contributed by atoms with van der Waals surface area (Å²) in [6.07, 6.45) is 1.82. The largest absolute Gasteiger partial charge is 0.345 e. The third-order valence-corrected chi connectivity index (χ3v) is 5.27. The summed E-state index contributed by atoms with van der Waals surface area (Å²) in [4.78, 5) is 39.3. The lowest BCUT2D eigenvalue weighted by Gasteiger charge is -2.24. The molecule has 1 saturated carbocycles. The zero-order valence-electron chi connectivity index (χ0n) is 14.4. The number of anilines is 1. The maximum Gasteiger partial charge on any atom is 0.255 e. The maximum absolute atomic E-state index is 12.8. The molecule has 2 aromatic rings. The number of carbonyl (C=O) groups is 3. The van der Waals surface area contributed by atoms with E-state index in [1.807, 2.05) is 24.3 Å². The fourth-order valence-electron chi connectivity index (χ4n) is 3.34. The molecule has 2 N–H and O–H groups in total. The smallest absolute Gasteiger partial charge is 0.255 e. The Morgan fingerprint density at radius 2 is 1.78 bits per heavy atom. The monoisotopic (exact) mass is 427 g/mol. The fraction of sp³-hybridized carbons (Fsp3) is 0.250. The van der Waals surface area contributed by atoms with E-state index in [0.29, 0.717) is 16.8 Å². The standard InChI is InChI=1S/C20H18BrN3O3/c21-12-5-7-13(8-6-12)23-17(25)11-22-19(26)18-15-3-1-2-4-16(15)20(27)24(18)14-9-10-14/h1-8,14,18H,9-11H2,(H,22,26)(H,23,25). The van der Waals surface area contributed by atoms with Gasteiger partial charge in [0.25, 0.3) is 5.91 Å². The van der Waals surface area contributed by atoms with Crippen LogP contribution in [0.1, 0.15) is 34.8 Å². The third kappa shape index (κ3) is 3.60. The second-order valence-corrected chi connectivity index (χ2v) is 7.62. The minimum absolute atomic E-state index is 0.104. The minimum atomic E-state index is -0.665. The van der Waals surface area contributed by atoms with E-state index in [0.717, 1.165) is 17.3 Å². The topological polar surface area (TPSA) is 78.5 Å². The Morgan fingerprint density at radius 3 is 2.48 bits per heavy atom. The molecule has 4 rings (SSSR count). The summed E-state index contributed by atoms with van der Waals surface area (Å²) in [6, 6.07) is 13.8. The van der Waals surface area contributed by atoms with Crippen LogP contribution in [0.15, 0.2) is 53.0 Å². The van der Waals surface area contributed by atoms with Crippen LogP contribution in [0.2, 0.25) is 0 Å². The molecule has 1 fully saturated rings. The van der Waals surface area contributed by atoms with Crippen molar-refractivity contribution in [2.45, 2.75) is 24.9 Å². The zero-order valence-corrected chi connectivity index (χ0v) is 16.0. The number of hydrogen-bond acceptors (Lipinski definition) is 3. The highest BCUT2D eigenvalue weighted by atomic mass is 79.9. The van der Waals surface area contributed by atoms with Gasteiger partial charge in [-0.2, -0.15) is 0 Å². The number of rotatable bonds is 5. The average Bonchev–Trinajstić information content (AvgIpc) is 3.46. The van der Waals surface area contributed by atoms with Crippen molar-refractivity contribution >= 4 is 39.3 Å². The van der Waals surface area contributed by atoms with Crippen molar-refractivity contribution in [2.24, 2.45) is 0 Å². The van der Waals surface area contributed by atoms with Crippen LogP contribution in [0.4, 0.5) is 5.69 Å². The van der Waals surface area contributed by atoms with Gasteiger partial charge in [0.15, 0.2) is 0 Å². The molecule has 0 radical (unpaired) electrons. The molecule has 1 unspecified atom stereocenters. The number of fused-ring (bicyclic) bond motifs is 1. The van der Waals surface area contributed by atoms with Crippen LogP contribution < -0.4 is 10.6 Å². The lowest BCUT2D eigenvalue weighted by Crippen LogP contribution is -2.42. The lowest BCUT2D eigenvalue weighted by molar-refractivity contribution is -0.127. The fourth-order valence-corrected chi connectivity index (χ4v) is 3.60. The van der Waals surface area contributed by atoms with Crippen LogP contribution in [0.5, 0.6) is 0 Å². The van der Waals surface area contributed by atoms with Crippen LogP contribution in [0, 0.1) is 0 Å². The van der Waals surface area contributed by atoms with E-state index in [4.69, 9.17) is 0 Å². The van der Waals surface area contributed by atoms with Crippen molar-refractivity contribution in [3.8, 4) is 0 Å². The van der Waals surface area contributed by atoms with E-state index in [1.54, 1.807) is 29.2 Å². The van der Waals surface area contributed by atoms with Gasteiger partial charge >= 0.3 is 0 Å². The molecule has 1 atom stereocenters. The number of halogens is 1. The van der Waals surface area contributed by atoms with Crippen LogP contribution in [-0.2, 0) is 9.59 Å². The van der Waals surface area contributed by atoms with Crippen molar-refractivity contribution in [3.05, 3.63) is 64.1 Å². The van der Waals surface area contributed by atoms with Crippen molar-refractivity contribution in [1.29, 1.82) is 0 Å². The molecule has 1 aliphatic carbocycles. The summed E-state index contributed by atoms with van der Waals surface area (Å²) in [5.74, 6) is -0.750. The van der Waals surface area contributed by atoms with Gasteiger partial charge in [-0.25, -0.2) is 0 Å². The Morgan fingerprint density at radius 1 is 1.07 bits per heavy atom. The van der Waals surface area contributed by atoms with E-state index in [-0.39, 0.29) is 30.3 Å². The van der Waals surface area contributed by atoms with Gasteiger partial charge in [0.05, 0.1) is 6.54 Å². The number of amides is 3. The van der Waals surface area contributed by atoms with Gasteiger partial charge in [-0.15, -0.1) is 0 Å². The summed E-state index contributed by atoms with van der Waals surface area (Å²) in [7, 11) is 0. The molecule has 0 spiro atoms. The second-order valence-electron chi connectivity index (χ2n) is 6.71. The van der Waals surface area contributed by atoms with Crippen LogP contribution in [0.25, 0.3) is 0 Å². The molecule has 0 saturated heterocycles. The normalized spacial score (nSPS) is 18.2. The predicted octanol–water partition coefficient (Wildman–Crippen LogP) is 2.86. The minimum Gasteiger partial charge on any atom is -0.345 e. The summed E-state index contributed by atoms with van der Waals surface area (Å²) in [6.45, 7) is -0.153. The molecular formula is C20H18BrN3O3. The molecule has 3 amide bonds. The Labute approximate surface area is 165 Å². The summed E-state index contributed by atoms with van der Waals surface area (Å²) < 4.78 is 0.915. The molecule has 1 heterocycles. The van der Waals surface area contributed by atoms with Gasteiger partial charge < -0.3 is 15.5 Å². The highest BCUT2D eigenvalue weighted by molar-refractivity contribution is 9.10. The van der Waals surface area contributed by atoms with E-state index in [1.165, 1.54) is 0 Å². The van der Waals surface area contributed by atoms with Gasteiger partial charge in [0, 0.05) is 21.8 Å². The van der Waals surface area contributed by atoms with Crippen molar-refractivity contribution < 1.29 is 14.4 Å². The number of nitrogens with one attached hydrogen (secondary N) is 2. The van der Waals surface area contributed by atoms with Gasteiger partial charge in [0.1, 0.15) is 6.04 Å². The first-order chi connectivity index (χ1) is 13.0. The molecule has 0 bridgehead atoms. The first-order valence-electron chi connectivity index (χ1n) is 8.79. The highest BCUT2D eigenvalue weighted by Gasteiger charge is 2.47. The Balaban J connectivity index is 1.43. The molecule has 0 aromatic heterocycles. The third-order valence-electron chi connectivity index (χ3n) is 4.74. The van der Waals surface area contributed by atoms with E-state index in [9.17, 15) is 14.4 Å². The molecule has 1 aliphatic heterocycles. The number of hydrogen-bond donors (Lipinski definition) is 2. The Hall–Kier alpha value is -2.67. The van der Waals surface area contributed by atoms with E-state index >= 15 is 0 Å². The van der Waals surface area contributed by atoms with Gasteiger partial charge in [-0.1, -0.05) is 34.1 Å². The van der Waals surface area contributed by atoms with Crippen molar-refractivity contribution in [3.63, 3.8) is 0 Å². The highest BCUT2D eigenvalue weighted by Crippen LogP contribution is 2.41. The first-order valence-corrected chi connectivity index (χ1v) is 9.58. The summed E-state index contributed by atoms with van der Waals surface area (Å²) in [5.41, 5.74) is 1.93. The lowest BCUT2D eigenvalue weighted by atomic mass is 10.0. The summed E-state index contributed by atoms with van der Waals surface area (Å²) >= 11 is 3.34. The molecule has 2 aliphatic rings.